The summed E-state index contributed by atoms with van der Waals surface area (Å²) in [6, 6.07) is 28.8. The van der Waals surface area contributed by atoms with Crippen LogP contribution in [-0.2, 0) is 13.0 Å². The fourth-order valence-corrected chi connectivity index (χ4v) is 4.70. The lowest BCUT2D eigenvalue weighted by molar-refractivity contribution is 0.0693. The molecule has 1 unspecified atom stereocenters. The van der Waals surface area contributed by atoms with Crippen LogP contribution < -0.4 is 4.74 Å². The lowest BCUT2D eigenvalue weighted by Gasteiger charge is -2.38. The molecule has 37 heavy (non-hydrogen) atoms. The van der Waals surface area contributed by atoms with Crippen molar-refractivity contribution >= 4 is 11.8 Å². The molecule has 1 atom stereocenters. The predicted molar refractivity (Wildman–Crippen MR) is 142 cm³/mol. The van der Waals surface area contributed by atoms with Crippen LogP contribution in [0.5, 0.6) is 5.75 Å². The molecule has 0 saturated heterocycles. The van der Waals surface area contributed by atoms with Gasteiger partial charge in [-0.05, 0) is 66.4 Å². The molecule has 0 bridgehead atoms. The molecule has 4 aromatic rings. The molecule has 1 aliphatic heterocycles. The number of rotatable bonds is 7. The molecule has 2 heterocycles. The predicted octanol–water partition coefficient (Wildman–Crippen LogP) is 5.74. The van der Waals surface area contributed by atoms with Gasteiger partial charge in [-0.2, -0.15) is 0 Å². The van der Waals surface area contributed by atoms with E-state index in [4.69, 9.17) is 9.15 Å². The molecule has 0 radical (unpaired) electrons. The van der Waals surface area contributed by atoms with Crippen molar-refractivity contribution in [3.05, 3.63) is 125 Å². The Morgan fingerprint density at radius 3 is 2.43 bits per heavy atom. The third-order valence-corrected chi connectivity index (χ3v) is 6.82. The van der Waals surface area contributed by atoms with E-state index in [0.29, 0.717) is 35.9 Å². The van der Waals surface area contributed by atoms with E-state index in [9.17, 15) is 9.59 Å². The van der Waals surface area contributed by atoms with Crippen LogP contribution in [-0.4, -0.2) is 41.8 Å². The van der Waals surface area contributed by atoms with E-state index in [1.165, 1.54) is 5.56 Å². The Morgan fingerprint density at radius 1 is 0.973 bits per heavy atom. The van der Waals surface area contributed by atoms with E-state index in [-0.39, 0.29) is 24.5 Å². The average Bonchev–Trinajstić information content (AvgIpc) is 3.44. The van der Waals surface area contributed by atoms with Gasteiger partial charge in [0.15, 0.2) is 5.76 Å². The minimum absolute atomic E-state index is 0.0104. The number of fused-ring (bicyclic) bond motifs is 1. The van der Waals surface area contributed by atoms with Gasteiger partial charge in [-0.25, -0.2) is 0 Å². The SMILES string of the molecule is CCN(C)C(=O)c1ccc(COc2ccc3c(c2)C(c2ccccc2)N(C(=O)c2ccccc2)CC3)o1. The summed E-state index contributed by atoms with van der Waals surface area (Å²) in [6.45, 7) is 3.35. The van der Waals surface area contributed by atoms with Gasteiger partial charge in [-0.1, -0.05) is 54.6 Å². The van der Waals surface area contributed by atoms with Crippen LogP contribution in [0.2, 0.25) is 0 Å². The first-order chi connectivity index (χ1) is 18.0. The van der Waals surface area contributed by atoms with Crippen LogP contribution >= 0.6 is 0 Å². The fourth-order valence-electron chi connectivity index (χ4n) is 4.70. The van der Waals surface area contributed by atoms with Gasteiger partial charge in [0.2, 0.25) is 0 Å². The number of nitrogens with zero attached hydrogens (tertiary/aromatic N) is 2. The second-order valence-electron chi connectivity index (χ2n) is 9.16. The van der Waals surface area contributed by atoms with Gasteiger partial charge < -0.3 is 19.0 Å². The lowest BCUT2D eigenvalue weighted by atomic mass is 9.87. The smallest absolute Gasteiger partial charge is 0.289 e. The van der Waals surface area contributed by atoms with Crippen molar-refractivity contribution in [2.45, 2.75) is 26.0 Å². The van der Waals surface area contributed by atoms with Gasteiger partial charge in [-0.3, -0.25) is 9.59 Å². The minimum Gasteiger partial charge on any atom is -0.486 e. The summed E-state index contributed by atoms with van der Waals surface area (Å²) in [6.07, 6.45) is 0.770. The van der Waals surface area contributed by atoms with Crippen molar-refractivity contribution in [1.82, 2.24) is 9.80 Å². The van der Waals surface area contributed by atoms with Crippen molar-refractivity contribution in [3.63, 3.8) is 0 Å². The number of amides is 2. The van der Waals surface area contributed by atoms with Gasteiger partial charge in [0.05, 0.1) is 6.04 Å². The summed E-state index contributed by atoms with van der Waals surface area (Å²) in [5, 5.41) is 0. The molecule has 6 nitrogen and oxygen atoms in total. The molecule has 1 aliphatic rings. The molecule has 6 heteroatoms. The third-order valence-electron chi connectivity index (χ3n) is 6.82. The normalized spacial score (nSPS) is 14.6. The highest BCUT2D eigenvalue weighted by Crippen LogP contribution is 2.38. The highest BCUT2D eigenvalue weighted by atomic mass is 16.5. The highest BCUT2D eigenvalue weighted by molar-refractivity contribution is 5.95. The second-order valence-corrected chi connectivity index (χ2v) is 9.16. The van der Waals surface area contributed by atoms with Crippen LogP contribution in [0.4, 0.5) is 0 Å². The first-order valence-electron chi connectivity index (χ1n) is 12.6. The largest absolute Gasteiger partial charge is 0.486 e. The molecule has 2 amide bonds. The van der Waals surface area contributed by atoms with E-state index in [1.54, 1.807) is 24.1 Å². The van der Waals surface area contributed by atoms with Crippen LogP contribution in [0, 0.1) is 0 Å². The van der Waals surface area contributed by atoms with Crippen molar-refractivity contribution in [2.24, 2.45) is 0 Å². The summed E-state index contributed by atoms with van der Waals surface area (Å²) in [4.78, 5) is 29.5. The number of benzene rings is 3. The summed E-state index contributed by atoms with van der Waals surface area (Å²) in [5.41, 5.74) is 3.99. The van der Waals surface area contributed by atoms with E-state index in [2.05, 4.69) is 18.2 Å². The molecule has 0 aliphatic carbocycles. The zero-order valence-electron chi connectivity index (χ0n) is 21.1. The first kappa shape index (κ1) is 24.4. The molecule has 0 fully saturated rings. The topological polar surface area (TPSA) is 63.0 Å². The third kappa shape index (κ3) is 5.14. The van der Waals surface area contributed by atoms with Crippen molar-refractivity contribution in [2.75, 3.05) is 20.1 Å². The van der Waals surface area contributed by atoms with Crippen LogP contribution in [0.1, 0.15) is 56.3 Å². The number of hydrogen-bond donors (Lipinski definition) is 0. The molecule has 0 spiro atoms. The summed E-state index contributed by atoms with van der Waals surface area (Å²) in [5.74, 6) is 1.41. The Hall–Kier alpha value is -4.32. The number of furan rings is 1. The molecular weight excluding hydrogens is 464 g/mol. The minimum atomic E-state index is -0.223. The summed E-state index contributed by atoms with van der Waals surface area (Å²) >= 11 is 0. The number of carbonyl (C=O) groups is 2. The second kappa shape index (κ2) is 10.7. The molecule has 1 aromatic heterocycles. The maximum Gasteiger partial charge on any atom is 0.289 e. The number of carbonyl (C=O) groups excluding carboxylic acids is 2. The molecule has 0 N–H and O–H groups in total. The lowest BCUT2D eigenvalue weighted by Crippen LogP contribution is -2.40. The number of ether oxygens (including phenoxy) is 1. The number of hydrogen-bond acceptors (Lipinski definition) is 4. The van der Waals surface area contributed by atoms with Gasteiger partial charge in [0.1, 0.15) is 18.1 Å². The molecule has 3 aromatic carbocycles. The Balaban J connectivity index is 1.41. The zero-order valence-corrected chi connectivity index (χ0v) is 21.1. The maximum absolute atomic E-state index is 13.6. The molecule has 5 rings (SSSR count). The monoisotopic (exact) mass is 494 g/mol. The molecule has 188 valence electrons. The summed E-state index contributed by atoms with van der Waals surface area (Å²) < 4.78 is 11.8. The Morgan fingerprint density at radius 2 is 1.70 bits per heavy atom. The van der Waals surface area contributed by atoms with E-state index < -0.39 is 0 Å². The van der Waals surface area contributed by atoms with Gasteiger partial charge in [0, 0.05) is 25.7 Å². The maximum atomic E-state index is 13.6. The Kier molecular flexibility index (Phi) is 7.08. The quantitative estimate of drug-likeness (QED) is 0.329. The summed E-state index contributed by atoms with van der Waals surface area (Å²) in [7, 11) is 1.74. The van der Waals surface area contributed by atoms with Crippen LogP contribution in [0.3, 0.4) is 0 Å². The average molecular weight is 495 g/mol. The standard InChI is InChI=1S/C31H30N2O4/c1-3-32(2)31(35)28-17-16-26(37-28)21-36-25-15-14-22-18-19-33(30(34)24-12-8-5-9-13-24)29(27(22)20-25)23-10-6-4-7-11-23/h4-17,20,29H,3,18-19,21H2,1-2H3. The van der Waals surface area contributed by atoms with Gasteiger partial charge in [0.25, 0.3) is 11.8 Å². The van der Waals surface area contributed by atoms with Crippen molar-refractivity contribution in [1.29, 1.82) is 0 Å². The van der Waals surface area contributed by atoms with Gasteiger partial charge in [-0.15, -0.1) is 0 Å². The van der Waals surface area contributed by atoms with E-state index in [1.807, 2.05) is 72.5 Å². The fraction of sp³-hybridized carbons (Fsp3) is 0.226. The Bertz CT molecular complexity index is 1380. The zero-order chi connectivity index (χ0) is 25.8. The molecule has 0 saturated carbocycles. The van der Waals surface area contributed by atoms with Crippen LogP contribution in [0.15, 0.2) is 95.4 Å². The van der Waals surface area contributed by atoms with Gasteiger partial charge >= 0.3 is 0 Å². The van der Waals surface area contributed by atoms with E-state index in [0.717, 1.165) is 17.5 Å². The van der Waals surface area contributed by atoms with Crippen molar-refractivity contribution in [3.8, 4) is 5.75 Å². The molecular formula is C31H30N2O4. The highest BCUT2D eigenvalue weighted by Gasteiger charge is 2.33. The van der Waals surface area contributed by atoms with E-state index >= 15 is 0 Å². The van der Waals surface area contributed by atoms with Crippen LogP contribution in [0.25, 0.3) is 0 Å². The Labute approximate surface area is 217 Å². The van der Waals surface area contributed by atoms with Crippen molar-refractivity contribution < 1.29 is 18.7 Å². The first-order valence-corrected chi connectivity index (χ1v) is 12.6.